The summed E-state index contributed by atoms with van der Waals surface area (Å²) in [5.74, 6) is 1.61. The Balaban J connectivity index is 1.39. The number of nitrogens with one attached hydrogen (secondary N) is 1. The van der Waals surface area contributed by atoms with E-state index >= 15 is 0 Å². The first-order valence-corrected chi connectivity index (χ1v) is 16.0. The molecular formula is C30H38ClN3O4S. The number of nitrogens with zero attached hydrogens (tertiary/aromatic N) is 2. The van der Waals surface area contributed by atoms with E-state index in [4.69, 9.17) is 11.6 Å². The third-order valence-corrected chi connectivity index (χ3v) is 10.7. The molecular weight excluding hydrogens is 534 g/mol. The number of rotatable bonds is 9. The second-order valence-electron chi connectivity index (χ2n) is 11.9. The zero-order chi connectivity index (χ0) is 27.9. The van der Waals surface area contributed by atoms with Crippen molar-refractivity contribution in [2.75, 3.05) is 24.2 Å². The first kappa shape index (κ1) is 28.0. The van der Waals surface area contributed by atoms with Gasteiger partial charge in [-0.1, -0.05) is 41.9 Å². The van der Waals surface area contributed by atoms with Gasteiger partial charge in [0.05, 0.1) is 11.9 Å². The van der Waals surface area contributed by atoms with Crippen molar-refractivity contribution >= 4 is 39.1 Å². The van der Waals surface area contributed by atoms with Crippen LogP contribution >= 0.6 is 11.6 Å². The Morgan fingerprint density at radius 3 is 2.08 bits per heavy atom. The van der Waals surface area contributed by atoms with E-state index in [1.54, 1.807) is 25.1 Å². The number of amides is 2. The lowest BCUT2D eigenvalue weighted by Gasteiger charge is -2.57. The Hall–Kier alpha value is -2.58. The van der Waals surface area contributed by atoms with Crippen molar-refractivity contribution in [3.8, 4) is 0 Å². The van der Waals surface area contributed by atoms with Crippen LogP contribution < -0.4 is 9.62 Å². The zero-order valence-corrected chi connectivity index (χ0v) is 24.5. The van der Waals surface area contributed by atoms with Crippen LogP contribution in [0, 0.1) is 17.8 Å². The predicted molar refractivity (Wildman–Crippen MR) is 154 cm³/mol. The summed E-state index contributed by atoms with van der Waals surface area (Å²) in [7, 11) is -2.27. The highest BCUT2D eigenvalue weighted by Crippen LogP contribution is 2.60. The number of carbonyl (C=O) groups excluding carboxylic acids is 2. The number of hydrogen-bond acceptors (Lipinski definition) is 4. The van der Waals surface area contributed by atoms with Gasteiger partial charge in [0.2, 0.25) is 21.8 Å². The molecule has 0 aliphatic heterocycles. The third kappa shape index (κ3) is 5.68. The summed E-state index contributed by atoms with van der Waals surface area (Å²) in [6.07, 6.45) is 8.86. The highest BCUT2D eigenvalue weighted by Gasteiger charge is 2.51. The van der Waals surface area contributed by atoms with E-state index in [2.05, 4.69) is 17.4 Å². The Kier molecular flexibility index (Phi) is 7.72. The van der Waals surface area contributed by atoms with Crippen LogP contribution in [-0.4, -0.2) is 51.0 Å². The number of sulfonamides is 1. The fraction of sp³-hybridized carbons (Fsp3) is 0.533. The average molecular weight is 572 g/mol. The smallest absolute Gasteiger partial charge is 0.244 e. The van der Waals surface area contributed by atoms with Gasteiger partial charge in [-0.2, -0.15) is 0 Å². The molecule has 0 saturated heterocycles. The number of anilines is 1. The summed E-state index contributed by atoms with van der Waals surface area (Å²) >= 11 is 6.35. The Morgan fingerprint density at radius 2 is 1.56 bits per heavy atom. The molecule has 2 aromatic carbocycles. The Labute approximate surface area is 236 Å². The molecule has 4 saturated carbocycles. The van der Waals surface area contributed by atoms with Crippen molar-refractivity contribution in [2.24, 2.45) is 17.8 Å². The summed E-state index contributed by atoms with van der Waals surface area (Å²) < 4.78 is 27.0. The minimum atomic E-state index is -3.78. The zero-order valence-electron chi connectivity index (χ0n) is 22.9. The van der Waals surface area contributed by atoms with E-state index in [9.17, 15) is 18.0 Å². The highest BCUT2D eigenvalue weighted by molar-refractivity contribution is 7.92. The van der Waals surface area contributed by atoms with Crippen LogP contribution in [-0.2, 0) is 31.6 Å². The second kappa shape index (κ2) is 10.8. The molecule has 4 bridgehead atoms. The van der Waals surface area contributed by atoms with Crippen LogP contribution in [0.2, 0.25) is 5.02 Å². The van der Waals surface area contributed by atoms with Crippen molar-refractivity contribution in [1.29, 1.82) is 0 Å². The van der Waals surface area contributed by atoms with Crippen LogP contribution in [0.1, 0.15) is 56.6 Å². The summed E-state index contributed by atoms with van der Waals surface area (Å²) in [4.78, 5) is 27.5. The maximum atomic E-state index is 13.6. The van der Waals surface area contributed by atoms with Gasteiger partial charge in [0.1, 0.15) is 12.6 Å². The third-order valence-electron chi connectivity index (χ3n) is 9.20. The molecule has 9 heteroatoms. The van der Waals surface area contributed by atoms with Crippen molar-refractivity contribution in [2.45, 2.75) is 63.5 Å². The standard InChI is InChI=1S/C30H38ClN3O4S/c1-20(29(36)32-2)33(18-24-6-4-5-7-27(24)31)28(35)19-34(39(3,37)38)26-10-8-25(9-11-26)30-15-21-12-22(16-30)14-23(13-21)17-30/h4-11,20-23H,12-19H2,1-3H3,(H,32,36)/t20-,21?,22?,23?,30?/m1/s1. The molecule has 4 aliphatic rings. The molecule has 0 heterocycles. The molecule has 210 valence electrons. The van der Waals surface area contributed by atoms with Crippen LogP contribution in [0.25, 0.3) is 0 Å². The van der Waals surface area contributed by atoms with E-state index in [1.807, 2.05) is 18.2 Å². The Morgan fingerprint density at radius 1 is 1.00 bits per heavy atom. The van der Waals surface area contributed by atoms with E-state index < -0.39 is 28.5 Å². The number of carbonyl (C=O) groups is 2. The van der Waals surface area contributed by atoms with E-state index in [0.29, 0.717) is 16.3 Å². The van der Waals surface area contributed by atoms with Crippen molar-refractivity contribution < 1.29 is 18.0 Å². The SMILES string of the molecule is CNC(=O)[C@@H](C)N(Cc1ccccc1Cl)C(=O)CN(c1ccc(C23CC4CC(CC(C4)C2)C3)cc1)S(C)(=O)=O. The summed E-state index contributed by atoms with van der Waals surface area (Å²) in [5, 5.41) is 3.05. The van der Waals surface area contributed by atoms with Gasteiger partial charge in [0.25, 0.3) is 0 Å². The molecule has 7 nitrogen and oxygen atoms in total. The molecule has 0 radical (unpaired) electrons. The van der Waals surface area contributed by atoms with Crippen LogP contribution in [0.15, 0.2) is 48.5 Å². The van der Waals surface area contributed by atoms with Crippen molar-refractivity contribution in [1.82, 2.24) is 10.2 Å². The highest BCUT2D eigenvalue weighted by atomic mass is 35.5. The van der Waals surface area contributed by atoms with Crippen LogP contribution in [0.3, 0.4) is 0 Å². The fourth-order valence-electron chi connectivity index (χ4n) is 7.66. The van der Waals surface area contributed by atoms with Crippen molar-refractivity contribution in [3.05, 3.63) is 64.7 Å². The largest absolute Gasteiger partial charge is 0.357 e. The lowest BCUT2D eigenvalue weighted by molar-refractivity contribution is -0.139. The maximum Gasteiger partial charge on any atom is 0.244 e. The van der Waals surface area contributed by atoms with Gasteiger partial charge >= 0.3 is 0 Å². The molecule has 0 spiro atoms. The molecule has 0 aromatic heterocycles. The Bertz CT molecular complexity index is 1310. The van der Waals surface area contributed by atoms with Gasteiger partial charge < -0.3 is 10.2 Å². The quantitative estimate of drug-likeness (QED) is 0.471. The van der Waals surface area contributed by atoms with Crippen LogP contribution in [0.5, 0.6) is 0 Å². The topological polar surface area (TPSA) is 86.8 Å². The first-order valence-electron chi connectivity index (χ1n) is 13.8. The van der Waals surface area contributed by atoms with Gasteiger partial charge in [-0.25, -0.2) is 8.42 Å². The molecule has 4 fully saturated rings. The number of likely N-dealkylation sites (N-methyl/N-ethyl adjacent to an activating group) is 1. The minimum absolute atomic E-state index is 0.0790. The summed E-state index contributed by atoms with van der Waals surface area (Å²) in [6.45, 7) is 1.29. The number of benzene rings is 2. The van der Waals surface area contributed by atoms with Gasteiger partial charge in [0.15, 0.2) is 0 Å². The molecule has 1 N–H and O–H groups in total. The molecule has 2 amide bonds. The molecule has 4 aliphatic carbocycles. The monoisotopic (exact) mass is 571 g/mol. The van der Waals surface area contributed by atoms with E-state index in [0.717, 1.165) is 28.3 Å². The molecule has 0 unspecified atom stereocenters. The summed E-state index contributed by atoms with van der Waals surface area (Å²) in [6, 6.07) is 14.1. The van der Waals surface area contributed by atoms with Gasteiger partial charge in [-0.15, -0.1) is 0 Å². The lowest BCUT2D eigenvalue weighted by Crippen LogP contribution is -2.50. The lowest BCUT2D eigenvalue weighted by atomic mass is 9.48. The molecule has 6 rings (SSSR count). The normalized spacial score (nSPS) is 26.2. The fourth-order valence-corrected chi connectivity index (χ4v) is 8.71. The van der Waals surface area contributed by atoms with Gasteiger partial charge in [0, 0.05) is 18.6 Å². The van der Waals surface area contributed by atoms with Crippen LogP contribution in [0.4, 0.5) is 5.69 Å². The number of halogens is 1. The molecule has 2 aromatic rings. The first-order chi connectivity index (χ1) is 18.5. The summed E-state index contributed by atoms with van der Waals surface area (Å²) in [5.41, 5.74) is 2.62. The maximum absolute atomic E-state index is 13.6. The van der Waals surface area contributed by atoms with Gasteiger partial charge in [-0.3, -0.25) is 13.9 Å². The molecule has 39 heavy (non-hydrogen) atoms. The van der Waals surface area contributed by atoms with Crippen molar-refractivity contribution in [3.63, 3.8) is 0 Å². The van der Waals surface area contributed by atoms with E-state index in [-0.39, 0.29) is 17.9 Å². The second-order valence-corrected chi connectivity index (χ2v) is 14.2. The predicted octanol–water partition coefficient (Wildman–Crippen LogP) is 4.74. The minimum Gasteiger partial charge on any atom is -0.357 e. The van der Waals surface area contributed by atoms with Gasteiger partial charge in [-0.05, 0) is 97.9 Å². The molecule has 1 atom stereocenters. The average Bonchev–Trinajstić information content (AvgIpc) is 2.89. The number of hydrogen-bond donors (Lipinski definition) is 1. The van der Waals surface area contributed by atoms with E-state index in [1.165, 1.54) is 56.0 Å².